The lowest BCUT2D eigenvalue weighted by Gasteiger charge is -2.44. The zero-order valence-electron chi connectivity index (χ0n) is 9.71. The van der Waals surface area contributed by atoms with Crippen LogP contribution in [0.5, 0.6) is 0 Å². The van der Waals surface area contributed by atoms with Gasteiger partial charge in [-0.1, -0.05) is 19.6 Å². The van der Waals surface area contributed by atoms with E-state index in [1.54, 1.807) is 0 Å². The first-order chi connectivity index (χ1) is 7.26. The second kappa shape index (κ2) is 4.40. The third-order valence-corrected chi connectivity index (χ3v) is 4.01. The fourth-order valence-corrected chi connectivity index (χ4v) is 3.12. The third kappa shape index (κ3) is 1.96. The smallest absolute Gasteiger partial charge is 0.0168 e. The van der Waals surface area contributed by atoms with Crippen LogP contribution in [0.4, 0.5) is 0 Å². The highest BCUT2D eigenvalue weighted by Crippen LogP contribution is 2.36. The summed E-state index contributed by atoms with van der Waals surface area (Å²) in [5, 5.41) is 0. The van der Waals surface area contributed by atoms with Crippen LogP contribution in [0.15, 0.2) is 23.9 Å². The van der Waals surface area contributed by atoms with Gasteiger partial charge < -0.3 is 10.6 Å². The van der Waals surface area contributed by atoms with Crippen molar-refractivity contribution in [1.82, 2.24) is 4.90 Å². The van der Waals surface area contributed by atoms with Gasteiger partial charge in [0, 0.05) is 11.7 Å². The Balaban J connectivity index is 2.17. The number of nitrogens with two attached hydrogens (primary N) is 1. The predicted molar refractivity (Wildman–Crippen MR) is 64.4 cm³/mol. The van der Waals surface area contributed by atoms with Crippen LogP contribution in [0.1, 0.15) is 32.6 Å². The average Bonchev–Trinajstić information content (AvgIpc) is 2.27. The summed E-state index contributed by atoms with van der Waals surface area (Å²) in [7, 11) is 0. The molecule has 15 heavy (non-hydrogen) atoms. The van der Waals surface area contributed by atoms with Crippen molar-refractivity contribution in [2.45, 2.75) is 38.6 Å². The second-order valence-corrected chi connectivity index (χ2v) is 4.76. The molecular formula is C13H22N2. The minimum Gasteiger partial charge on any atom is -0.402 e. The second-order valence-electron chi connectivity index (χ2n) is 4.76. The van der Waals surface area contributed by atoms with Crippen molar-refractivity contribution in [2.75, 3.05) is 13.1 Å². The van der Waals surface area contributed by atoms with Gasteiger partial charge in [-0.15, -0.1) is 0 Å². The summed E-state index contributed by atoms with van der Waals surface area (Å²) in [5.74, 6) is 0.794. The highest BCUT2D eigenvalue weighted by molar-refractivity contribution is 5.27. The van der Waals surface area contributed by atoms with Crippen molar-refractivity contribution in [3.05, 3.63) is 23.9 Å². The molecule has 2 atom stereocenters. The Bertz CT molecular complexity index is 280. The average molecular weight is 206 g/mol. The Labute approximate surface area is 92.8 Å². The Hall–Kier alpha value is -0.760. The Morgan fingerprint density at radius 3 is 3.00 bits per heavy atom. The molecule has 0 saturated carbocycles. The molecule has 0 aromatic heterocycles. The maximum Gasteiger partial charge on any atom is 0.0168 e. The van der Waals surface area contributed by atoms with Crippen molar-refractivity contribution in [3.63, 3.8) is 0 Å². The monoisotopic (exact) mass is 206 g/mol. The van der Waals surface area contributed by atoms with E-state index < -0.39 is 0 Å². The SMILES string of the molecule is C=CC1=C(N)C[C@H]2CCCN(CC)C2C1. The Morgan fingerprint density at radius 2 is 2.33 bits per heavy atom. The molecule has 0 aromatic carbocycles. The highest BCUT2D eigenvalue weighted by Gasteiger charge is 2.34. The van der Waals surface area contributed by atoms with E-state index in [1.165, 1.54) is 31.5 Å². The number of nitrogens with zero attached hydrogens (tertiary/aromatic N) is 1. The number of hydrogen-bond acceptors (Lipinski definition) is 2. The van der Waals surface area contributed by atoms with E-state index >= 15 is 0 Å². The molecule has 1 unspecified atom stereocenters. The molecule has 1 fully saturated rings. The number of likely N-dealkylation sites (tertiary alicyclic amines) is 1. The normalized spacial score (nSPS) is 32.6. The van der Waals surface area contributed by atoms with Crippen LogP contribution in [0.25, 0.3) is 0 Å². The number of hydrogen-bond donors (Lipinski definition) is 1. The Morgan fingerprint density at radius 1 is 1.53 bits per heavy atom. The first-order valence-electron chi connectivity index (χ1n) is 6.10. The van der Waals surface area contributed by atoms with Gasteiger partial charge in [-0.25, -0.2) is 0 Å². The predicted octanol–water partition coefficient (Wildman–Crippen LogP) is 2.28. The van der Waals surface area contributed by atoms with Crippen LogP contribution >= 0.6 is 0 Å². The first-order valence-corrected chi connectivity index (χ1v) is 6.10. The molecule has 2 aliphatic rings. The quantitative estimate of drug-likeness (QED) is 0.751. The van der Waals surface area contributed by atoms with Gasteiger partial charge in [-0.3, -0.25) is 0 Å². The van der Waals surface area contributed by atoms with Crippen molar-refractivity contribution < 1.29 is 0 Å². The van der Waals surface area contributed by atoms with E-state index in [0.717, 1.165) is 30.5 Å². The van der Waals surface area contributed by atoms with E-state index in [4.69, 9.17) is 5.73 Å². The molecular weight excluding hydrogens is 184 g/mol. The van der Waals surface area contributed by atoms with Crippen LogP contribution in [-0.2, 0) is 0 Å². The molecule has 0 spiro atoms. The molecule has 0 amide bonds. The van der Waals surface area contributed by atoms with Crippen LogP contribution in [0.3, 0.4) is 0 Å². The van der Waals surface area contributed by atoms with Gasteiger partial charge in [0.25, 0.3) is 0 Å². The summed E-state index contributed by atoms with van der Waals surface area (Å²) in [5.41, 5.74) is 8.45. The zero-order valence-corrected chi connectivity index (χ0v) is 9.71. The Kier molecular flexibility index (Phi) is 3.15. The first kappa shape index (κ1) is 10.7. The van der Waals surface area contributed by atoms with Crippen molar-refractivity contribution in [1.29, 1.82) is 0 Å². The fourth-order valence-electron chi connectivity index (χ4n) is 3.12. The van der Waals surface area contributed by atoms with Gasteiger partial charge in [-0.2, -0.15) is 0 Å². The number of piperidine rings is 1. The fraction of sp³-hybridized carbons (Fsp3) is 0.692. The largest absolute Gasteiger partial charge is 0.402 e. The number of fused-ring (bicyclic) bond motifs is 1. The van der Waals surface area contributed by atoms with Gasteiger partial charge in [0.05, 0.1) is 0 Å². The van der Waals surface area contributed by atoms with Gasteiger partial charge >= 0.3 is 0 Å². The number of allylic oxidation sites excluding steroid dienone is 2. The van der Waals surface area contributed by atoms with Crippen LogP contribution in [0, 0.1) is 5.92 Å². The lowest BCUT2D eigenvalue weighted by atomic mass is 9.77. The van der Waals surface area contributed by atoms with Crippen molar-refractivity contribution in [3.8, 4) is 0 Å². The van der Waals surface area contributed by atoms with Crippen LogP contribution in [-0.4, -0.2) is 24.0 Å². The molecule has 0 aromatic rings. The lowest BCUT2D eigenvalue weighted by Crippen LogP contribution is -2.47. The van der Waals surface area contributed by atoms with Crippen molar-refractivity contribution >= 4 is 0 Å². The van der Waals surface area contributed by atoms with Gasteiger partial charge in [0.2, 0.25) is 0 Å². The molecule has 2 rings (SSSR count). The van der Waals surface area contributed by atoms with E-state index in [9.17, 15) is 0 Å². The minimum absolute atomic E-state index is 0.726. The van der Waals surface area contributed by atoms with Gasteiger partial charge in [0.1, 0.15) is 0 Å². The topological polar surface area (TPSA) is 29.3 Å². The molecule has 1 aliphatic carbocycles. The zero-order chi connectivity index (χ0) is 10.8. The van der Waals surface area contributed by atoms with E-state index in [-0.39, 0.29) is 0 Å². The maximum absolute atomic E-state index is 6.07. The minimum atomic E-state index is 0.726. The standard InChI is InChI=1S/C13H22N2/c1-3-10-9-13-11(8-12(10)14)6-5-7-15(13)4-2/h3,11,13H,1,4-9,14H2,2H3/t11-,13?/m1/s1. The molecule has 1 aliphatic heterocycles. The van der Waals surface area contributed by atoms with Crippen molar-refractivity contribution in [2.24, 2.45) is 11.7 Å². The highest BCUT2D eigenvalue weighted by atomic mass is 15.2. The van der Waals surface area contributed by atoms with E-state index in [0.29, 0.717) is 0 Å². The summed E-state index contributed by atoms with van der Waals surface area (Å²) in [4.78, 5) is 2.62. The summed E-state index contributed by atoms with van der Waals surface area (Å²) >= 11 is 0. The number of rotatable bonds is 2. The molecule has 1 saturated heterocycles. The lowest BCUT2D eigenvalue weighted by molar-refractivity contribution is 0.0916. The molecule has 2 nitrogen and oxygen atoms in total. The molecule has 2 N–H and O–H groups in total. The molecule has 1 heterocycles. The summed E-state index contributed by atoms with van der Waals surface area (Å²) < 4.78 is 0. The van der Waals surface area contributed by atoms with Crippen LogP contribution in [0.2, 0.25) is 0 Å². The molecule has 84 valence electrons. The van der Waals surface area contributed by atoms with E-state index in [2.05, 4.69) is 18.4 Å². The summed E-state index contributed by atoms with van der Waals surface area (Å²) in [6, 6.07) is 0.726. The summed E-state index contributed by atoms with van der Waals surface area (Å²) in [6.07, 6.45) is 6.85. The molecule has 0 bridgehead atoms. The summed E-state index contributed by atoms with van der Waals surface area (Å²) in [6.45, 7) is 8.57. The van der Waals surface area contributed by atoms with Gasteiger partial charge in [0.15, 0.2) is 0 Å². The van der Waals surface area contributed by atoms with Gasteiger partial charge in [-0.05, 0) is 50.3 Å². The third-order valence-electron chi connectivity index (χ3n) is 4.01. The molecule has 2 heteroatoms. The van der Waals surface area contributed by atoms with Crippen LogP contribution < -0.4 is 5.73 Å². The molecule has 0 radical (unpaired) electrons. The maximum atomic E-state index is 6.07. The van der Waals surface area contributed by atoms with E-state index in [1.807, 2.05) is 6.08 Å².